The monoisotopic (exact) mass is 303 g/mol. The van der Waals surface area contributed by atoms with Crippen molar-refractivity contribution in [3.05, 3.63) is 34.2 Å². The van der Waals surface area contributed by atoms with Crippen LogP contribution < -0.4 is 4.74 Å². The fourth-order valence-corrected chi connectivity index (χ4v) is 3.49. The van der Waals surface area contributed by atoms with Crippen LogP contribution in [0.15, 0.2) is 18.2 Å². The standard InChI is InChI=1S/C18H27N2O2/c21-20-13-9-17-16(15-20)7-6-8-18(17)22-14-5-4-12-19-10-2-1-3-11-19/h6-8H,1-5,9-15H2/q+1. The van der Waals surface area contributed by atoms with Gasteiger partial charge in [-0.1, -0.05) is 18.6 Å². The van der Waals surface area contributed by atoms with E-state index in [9.17, 15) is 4.91 Å². The molecular formula is C18H27N2O2+. The lowest BCUT2D eigenvalue weighted by Crippen LogP contribution is -2.30. The first-order valence-electron chi connectivity index (χ1n) is 8.71. The molecule has 0 radical (unpaired) electrons. The van der Waals surface area contributed by atoms with Gasteiger partial charge in [-0.15, -0.1) is 0 Å². The molecule has 0 bridgehead atoms. The van der Waals surface area contributed by atoms with Crippen LogP contribution in [0.1, 0.15) is 43.2 Å². The normalized spacial score (nSPS) is 19.0. The molecule has 2 heterocycles. The number of nitrogens with zero attached hydrogens (tertiary/aromatic N) is 2. The van der Waals surface area contributed by atoms with Gasteiger partial charge in [-0.3, -0.25) is 0 Å². The van der Waals surface area contributed by atoms with E-state index in [4.69, 9.17) is 4.74 Å². The average Bonchev–Trinajstić information content (AvgIpc) is 2.55. The van der Waals surface area contributed by atoms with Crippen molar-refractivity contribution < 1.29 is 9.50 Å². The van der Waals surface area contributed by atoms with Crippen LogP contribution in [-0.2, 0) is 13.0 Å². The van der Waals surface area contributed by atoms with Crippen molar-refractivity contribution in [3.63, 3.8) is 0 Å². The molecule has 120 valence electrons. The average molecular weight is 303 g/mol. The predicted octanol–water partition coefficient (Wildman–Crippen LogP) is 3.17. The molecule has 0 atom stereocenters. The lowest BCUT2D eigenvalue weighted by atomic mass is 10.00. The van der Waals surface area contributed by atoms with E-state index >= 15 is 0 Å². The molecule has 22 heavy (non-hydrogen) atoms. The van der Waals surface area contributed by atoms with Gasteiger partial charge in [-0.2, -0.15) is 0 Å². The number of benzene rings is 1. The van der Waals surface area contributed by atoms with Crippen LogP contribution in [0.5, 0.6) is 5.75 Å². The van der Waals surface area contributed by atoms with Crippen molar-refractivity contribution in [3.8, 4) is 5.75 Å². The minimum absolute atomic E-state index is 0.501. The number of hydrogen-bond donors (Lipinski definition) is 0. The van der Waals surface area contributed by atoms with Crippen LogP contribution in [0.4, 0.5) is 0 Å². The third-order valence-electron chi connectivity index (χ3n) is 4.76. The summed E-state index contributed by atoms with van der Waals surface area (Å²) in [7, 11) is 0. The highest BCUT2D eigenvalue weighted by Crippen LogP contribution is 2.26. The second kappa shape index (κ2) is 7.73. The Balaban J connectivity index is 1.42. The van der Waals surface area contributed by atoms with E-state index in [1.54, 1.807) is 0 Å². The molecule has 3 rings (SSSR count). The summed E-state index contributed by atoms with van der Waals surface area (Å²) in [5.74, 6) is 0.989. The highest BCUT2D eigenvalue weighted by molar-refractivity contribution is 5.40. The third kappa shape index (κ3) is 4.07. The molecule has 1 aromatic carbocycles. The quantitative estimate of drug-likeness (QED) is 0.598. The largest absolute Gasteiger partial charge is 0.493 e. The van der Waals surface area contributed by atoms with Crippen molar-refractivity contribution in [1.82, 2.24) is 4.90 Å². The molecule has 0 unspecified atom stereocenters. The van der Waals surface area contributed by atoms with Crippen LogP contribution in [0.2, 0.25) is 0 Å². The maximum Gasteiger partial charge on any atom is 0.217 e. The Morgan fingerprint density at radius 3 is 2.86 bits per heavy atom. The van der Waals surface area contributed by atoms with Gasteiger partial charge in [-0.05, 0) is 51.4 Å². The summed E-state index contributed by atoms with van der Waals surface area (Å²) in [5.41, 5.74) is 2.37. The maximum absolute atomic E-state index is 11.5. The molecule has 0 amide bonds. The van der Waals surface area contributed by atoms with Crippen LogP contribution in [0, 0.1) is 4.91 Å². The van der Waals surface area contributed by atoms with Crippen molar-refractivity contribution in [1.29, 1.82) is 0 Å². The molecule has 1 fully saturated rings. The first kappa shape index (κ1) is 15.5. The number of likely N-dealkylation sites (tertiary alicyclic amines) is 1. The van der Waals surface area contributed by atoms with Crippen molar-refractivity contribution in [2.75, 3.05) is 32.8 Å². The van der Waals surface area contributed by atoms with E-state index in [0.29, 0.717) is 13.1 Å². The lowest BCUT2D eigenvalue weighted by Gasteiger charge is -2.26. The van der Waals surface area contributed by atoms with E-state index in [0.717, 1.165) is 35.5 Å². The Kier molecular flexibility index (Phi) is 5.43. The zero-order valence-electron chi connectivity index (χ0n) is 13.4. The van der Waals surface area contributed by atoms with Gasteiger partial charge in [0.2, 0.25) is 6.54 Å². The van der Waals surface area contributed by atoms with Gasteiger partial charge in [0.05, 0.1) is 6.61 Å². The molecule has 1 saturated heterocycles. The minimum atomic E-state index is 0.501. The Hall–Kier alpha value is -1.42. The Morgan fingerprint density at radius 1 is 1.14 bits per heavy atom. The summed E-state index contributed by atoms with van der Waals surface area (Å²) in [6, 6.07) is 6.09. The van der Waals surface area contributed by atoms with Gasteiger partial charge in [0.25, 0.3) is 0 Å². The Bertz CT molecular complexity index is 510. The van der Waals surface area contributed by atoms with Gasteiger partial charge >= 0.3 is 0 Å². The SMILES string of the molecule is O=[N+]1CCc2c(cccc2OCCCCN2CCCCC2)C1. The molecule has 4 nitrogen and oxygen atoms in total. The van der Waals surface area contributed by atoms with Crippen LogP contribution in [0.25, 0.3) is 0 Å². The number of piperidine rings is 1. The molecule has 2 aliphatic rings. The Morgan fingerprint density at radius 2 is 2.00 bits per heavy atom. The first-order valence-corrected chi connectivity index (χ1v) is 8.71. The summed E-state index contributed by atoms with van der Waals surface area (Å²) in [4.78, 5) is 14.0. The molecule has 0 aromatic heterocycles. The van der Waals surface area contributed by atoms with Crippen molar-refractivity contribution >= 4 is 0 Å². The number of fused-ring (bicyclic) bond motifs is 1. The van der Waals surface area contributed by atoms with E-state index in [1.807, 2.05) is 18.2 Å². The number of ether oxygens (including phenoxy) is 1. The second-order valence-electron chi connectivity index (χ2n) is 6.47. The lowest BCUT2D eigenvalue weighted by molar-refractivity contribution is -0.567. The van der Waals surface area contributed by atoms with Gasteiger partial charge in [-0.25, -0.2) is 0 Å². The fraction of sp³-hybridized carbons (Fsp3) is 0.667. The maximum atomic E-state index is 11.5. The zero-order valence-corrected chi connectivity index (χ0v) is 13.4. The second-order valence-corrected chi connectivity index (χ2v) is 6.47. The highest BCUT2D eigenvalue weighted by atomic mass is 16.5. The number of unbranched alkanes of at least 4 members (excludes halogenated alkanes) is 1. The molecular weight excluding hydrogens is 276 g/mol. The smallest absolute Gasteiger partial charge is 0.217 e. The van der Waals surface area contributed by atoms with Gasteiger partial charge in [0.15, 0.2) is 6.54 Å². The number of nitroso groups, excluding NO2 is 1. The van der Waals surface area contributed by atoms with E-state index < -0.39 is 0 Å². The summed E-state index contributed by atoms with van der Waals surface area (Å²) in [5, 5.41) is 0. The van der Waals surface area contributed by atoms with E-state index in [2.05, 4.69) is 4.90 Å². The van der Waals surface area contributed by atoms with E-state index in [1.165, 1.54) is 50.9 Å². The van der Waals surface area contributed by atoms with Gasteiger partial charge < -0.3 is 9.64 Å². The fourth-order valence-electron chi connectivity index (χ4n) is 3.49. The number of rotatable bonds is 6. The zero-order chi connectivity index (χ0) is 15.2. The molecule has 2 aliphatic heterocycles. The summed E-state index contributed by atoms with van der Waals surface area (Å²) >= 11 is 0. The van der Waals surface area contributed by atoms with Crippen LogP contribution >= 0.6 is 0 Å². The highest BCUT2D eigenvalue weighted by Gasteiger charge is 2.23. The molecule has 1 aromatic rings. The molecule has 0 saturated carbocycles. The van der Waals surface area contributed by atoms with Gasteiger partial charge in [0, 0.05) is 27.2 Å². The predicted molar refractivity (Wildman–Crippen MR) is 87.4 cm³/mol. The summed E-state index contributed by atoms with van der Waals surface area (Å²) in [6.45, 7) is 5.63. The van der Waals surface area contributed by atoms with Crippen LogP contribution in [-0.4, -0.2) is 42.4 Å². The van der Waals surface area contributed by atoms with Crippen molar-refractivity contribution in [2.45, 2.75) is 45.1 Å². The Labute approximate surface area is 133 Å². The number of hydrogen-bond acceptors (Lipinski definition) is 3. The summed E-state index contributed by atoms with van der Waals surface area (Å²) < 4.78 is 7.12. The topological polar surface area (TPSA) is 32.5 Å². The van der Waals surface area contributed by atoms with Crippen LogP contribution in [0.3, 0.4) is 0 Å². The summed E-state index contributed by atoms with van der Waals surface area (Å²) in [6.07, 6.45) is 7.26. The third-order valence-corrected chi connectivity index (χ3v) is 4.76. The van der Waals surface area contributed by atoms with Gasteiger partial charge in [0.1, 0.15) is 5.75 Å². The van der Waals surface area contributed by atoms with E-state index in [-0.39, 0.29) is 0 Å². The molecule has 0 N–H and O–H groups in total. The minimum Gasteiger partial charge on any atom is -0.493 e. The first-order chi connectivity index (χ1) is 10.8. The molecule has 4 heteroatoms. The molecule has 0 aliphatic carbocycles. The van der Waals surface area contributed by atoms with Crippen molar-refractivity contribution in [2.24, 2.45) is 0 Å². The molecule has 0 spiro atoms.